The largest absolute Gasteiger partial charge is 0.435 e. The van der Waals surface area contributed by atoms with E-state index < -0.39 is 11.7 Å². The molecule has 0 aromatic carbocycles. The summed E-state index contributed by atoms with van der Waals surface area (Å²) in [7, 11) is 1.54. The average Bonchev–Trinajstić information content (AvgIpc) is 3.16. The molecule has 9 unspecified atom stereocenters. The fourth-order valence-corrected chi connectivity index (χ4v) is 8.58. The molecule has 0 aliphatic heterocycles. The fourth-order valence-electron chi connectivity index (χ4n) is 8.58. The Morgan fingerprint density at radius 2 is 1.74 bits per heavy atom. The van der Waals surface area contributed by atoms with Crippen molar-refractivity contribution in [1.82, 2.24) is 0 Å². The molecule has 4 rings (SSSR count). The van der Waals surface area contributed by atoms with Crippen LogP contribution in [-0.2, 0) is 28.7 Å². The van der Waals surface area contributed by atoms with Gasteiger partial charge in [0.25, 0.3) is 0 Å². The highest BCUT2D eigenvalue weighted by Gasteiger charge is 2.66. The zero-order valence-electron chi connectivity index (χ0n) is 22.4. The van der Waals surface area contributed by atoms with Crippen molar-refractivity contribution in [1.29, 1.82) is 0 Å². The fraction of sp³-hybridized carbons (Fsp3) is 0.862. The van der Waals surface area contributed by atoms with Crippen molar-refractivity contribution in [2.45, 2.75) is 98.7 Å². The predicted octanol–water partition coefficient (Wildman–Crippen LogP) is 5.16. The van der Waals surface area contributed by atoms with Crippen LogP contribution in [0.15, 0.2) is 0 Å². The Bertz CT molecular complexity index is 878. The van der Waals surface area contributed by atoms with Crippen molar-refractivity contribution in [3.63, 3.8) is 0 Å². The first-order valence-corrected chi connectivity index (χ1v) is 13.7. The molecule has 0 bridgehead atoms. The lowest BCUT2D eigenvalue weighted by molar-refractivity contribution is -0.182. The second-order valence-corrected chi connectivity index (χ2v) is 12.8. The molecule has 4 aliphatic carbocycles. The maximum atomic E-state index is 13.9. The van der Waals surface area contributed by atoms with E-state index in [0.29, 0.717) is 44.3 Å². The van der Waals surface area contributed by atoms with E-state index >= 15 is 0 Å². The summed E-state index contributed by atoms with van der Waals surface area (Å²) in [6.45, 7) is 10.4. The van der Waals surface area contributed by atoms with E-state index in [9.17, 15) is 19.2 Å². The van der Waals surface area contributed by atoms with E-state index in [2.05, 4.69) is 20.8 Å². The Balaban J connectivity index is 1.48. The van der Waals surface area contributed by atoms with Gasteiger partial charge in [-0.1, -0.05) is 34.6 Å². The number of ether oxygens (including phenoxy) is 2. The van der Waals surface area contributed by atoms with Crippen molar-refractivity contribution in [3.05, 3.63) is 0 Å². The number of ketones is 3. The van der Waals surface area contributed by atoms with E-state index in [1.165, 1.54) is 0 Å². The van der Waals surface area contributed by atoms with E-state index in [0.717, 1.165) is 19.3 Å². The minimum atomic E-state index is -0.541. The Hall–Kier alpha value is -1.56. The van der Waals surface area contributed by atoms with E-state index in [-0.39, 0.29) is 64.4 Å². The summed E-state index contributed by atoms with van der Waals surface area (Å²) in [5, 5.41) is 0. The predicted molar refractivity (Wildman–Crippen MR) is 131 cm³/mol. The monoisotopic (exact) mass is 488 g/mol. The summed E-state index contributed by atoms with van der Waals surface area (Å²) in [5.74, 6) is 1.20. The molecule has 4 fully saturated rings. The van der Waals surface area contributed by atoms with Crippen LogP contribution in [0.2, 0.25) is 0 Å². The van der Waals surface area contributed by atoms with E-state index in [4.69, 9.17) is 9.47 Å². The SMILES string of the molecule is COC(OC(=O)CCC(C)C1CCC2C3C(=O)CC4CC(=O)CCC4(C)C3CC(=O)C12C)C(C)C. The zero-order valence-corrected chi connectivity index (χ0v) is 22.4. The number of fused-ring (bicyclic) bond motifs is 5. The molecule has 0 amide bonds. The number of hydrogen-bond donors (Lipinski definition) is 0. The van der Waals surface area contributed by atoms with Crippen molar-refractivity contribution in [3.8, 4) is 0 Å². The third-order valence-corrected chi connectivity index (χ3v) is 10.7. The molecule has 6 nitrogen and oxygen atoms in total. The van der Waals surface area contributed by atoms with Crippen molar-refractivity contribution >= 4 is 23.3 Å². The Morgan fingerprint density at radius 3 is 2.40 bits per heavy atom. The average molecular weight is 489 g/mol. The Kier molecular flexibility index (Phi) is 7.36. The standard InChI is InChI=1S/C29H44O6/c1-16(2)27(34-6)35-25(33)10-7-17(3)20-8-9-21-26-22(15-24(32)29(20,21)5)28(4)12-11-19(30)13-18(28)14-23(26)31/h16-18,20-22,26-27H,7-15H2,1-6H3. The van der Waals surface area contributed by atoms with Gasteiger partial charge in [0.1, 0.15) is 17.3 Å². The minimum absolute atomic E-state index is 0.0668. The molecule has 9 atom stereocenters. The van der Waals surface area contributed by atoms with Gasteiger partial charge in [-0.2, -0.15) is 0 Å². The number of carbonyl (C=O) groups is 4. The van der Waals surface area contributed by atoms with Crippen LogP contribution in [0, 0.1) is 52.3 Å². The first-order valence-electron chi connectivity index (χ1n) is 13.7. The van der Waals surface area contributed by atoms with Gasteiger partial charge in [-0.15, -0.1) is 0 Å². The number of hydrogen-bond acceptors (Lipinski definition) is 6. The highest BCUT2D eigenvalue weighted by Crippen LogP contribution is 2.66. The maximum Gasteiger partial charge on any atom is 0.308 e. The molecule has 0 N–H and O–H groups in total. The Labute approximate surface area is 210 Å². The number of methoxy groups -OCH3 is 1. The van der Waals surface area contributed by atoms with Crippen molar-refractivity contribution < 1.29 is 28.7 Å². The molecule has 0 aromatic heterocycles. The first-order chi connectivity index (χ1) is 16.4. The van der Waals surface area contributed by atoms with Crippen LogP contribution < -0.4 is 0 Å². The van der Waals surface area contributed by atoms with Gasteiger partial charge in [-0.3, -0.25) is 19.2 Å². The number of carbonyl (C=O) groups excluding carboxylic acids is 4. The first kappa shape index (κ1) is 26.5. The van der Waals surface area contributed by atoms with Gasteiger partial charge in [0.2, 0.25) is 6.29 Å². The van der Waals surface area contributed by atoms with E-state index in [1.807, 2.05) is 13.8 Å². The molecular formula is C29H44O6. The third kappa shape index (κ3) is 4.42. The molecule has 0 spiro atoms. The molecule has 6 heteroatoms. The molecular weight excluding hydrogens is 444 g/mol. The number of esters is 1. The van der Waals surface area contributed by atoms with Crippen LogP contribution in [0.4, 0.5) is 0 Å². The molecule has 0 radical (unpaired) electrons. The Morgan fingerprint density at radius 1 is 1.03 bits per heavy atom. The lowest BCUT2D eigenvalue weighted by Crippen LogP contribution is -2.60. The van der Waals surface area contributed by atoms with Crippen LogP contribution in [0.5, 0.6) is 0 Å². The van der Waals surface area contributed by atoms with Gasteiger partial charge in [0.15, 0.2) is 0 Å². The summed E-state index contributed by atoms with van der Waals surface area (Å²) < 4.78 is 10.7. The maximum absolute atomic E-state index is 13.9. The topological polar surface area (TPSA) is 86.7 Å². The van der Waals surface area contributed by atoms with Crippen molar-refractivity contribution in [2.75, 3.05) is 7.11 Å². The van der Waals surface area contributed by atoms with Crippen LogP contribution in [0.3, 0.4) is 0 Å². The quantitative estimate of drug-likeness (QED) is 0.363. The summed E-state index contributed by atoms with van der Waals surface area (Å²) in [5.41, 5.74) is -0.605. The van der Waals surface area contributed by atoms with Crippen LogP contribution in [-0.4, -0.2) is 36.7 Å². The molecule has 196 valence electrons. The summed E-state index contributed by atoms with van der Waals surface area (Å²) in [4.78, 5) is 52.0. The second-order valence-electron chi connectivity index (χ2n) is 12.8. The molecule has 4 saturated carbocycles. The molecule has 0 aromatic rings. The van der Waals surface area contributed by atoms with Gasteiger partial charge in [0, 0.05) is 56.5 Å². The second kappa shape index (κ2) is 9.72. The lowest BCUT2D eigenvalue weighted by Gasteiger charge is -2.58. The normalized spacial score (nSPS) is 40.7. The number of rotatable bonds is 7. The molecule has 4 aliphatic rings. The highest BCUT2D eigenvalue weighted by molar-refractivity contribution is 5.93. The molecule has 0 saturated heterocycles. The van der Waals surface area contributed by atoms with Gasteiger partial charge >= 0.3 is 5.97 Å². The number of Topliss-reactive ketones (excluding diaryl/α,β-unsaturated/α-hetero) is 3. The third-order valence-electron chi connectivity index (χ3n) is 10.7. The van der Waals surface area contributed by atoms with E-state index in [1.54, 1.807) is 7.11 Å². The summed E-state index contributed by atoms with van der Waals surface area (Å²) >= 11 is 0. The zero-order chi connectivity index (χ0) is 25.7. The summed E-state index contributed by atoms with van der Waals surface area (Å²) in [6.07, 6.45) is 5.08. The molecule has 35 heavy (non-hydrogen) atoms. The van der Waals surface area contributed by atoms with Gasteiger partial charge in [-0.25, -0.2) is 0 Å². The smallest absolute Gasteiger partial charge is 0.308 e. The van der Waals surface area contributed by atoms with Gasteiger partial charge in [-0.05, 0) is 60.7 Å². The summed E-state index contributed by atoms with van der Waals surface area (Å²) in [6, 6.07) is 0. The van der Waals surface area contributed by atoms with Crippen LogP contribution in [0.25, 0.3) is 0 Å². The lowest BCUT2D eigenvalue weighted by atomic mass is 9.44. The highest BCUT2D eigenvalue weighted by atomic mass is 16.7. The van der Waals surface area contributed by atoms with Crippen LogP contribution >= 0.6 is 0 Å². The molecule has 0 heterocycles. The van der Waals surface area contributed by atoms with Crippen molar-refractivity contribution in [2.24, 2.45) is 52.3 Å². The van der Waals surface area contributed by atoms with Crippen LogP contribution in [0.1, 0.15) is 92.4 Å². The minimum Gasteiger partial charge on any atom is -0.435 e. The van der Waals surface area contributed by atoms with Gasteiger partial charge < -0.3 is 9.47 Å². The van der Waals surface area contributed by atoms with Gasteiger partial charge in [0.05, 0.1) is 0 Å².